The van der Waals surface area contributed by atoms with E-state index in [1.54, 1.807) is 12.1 Å². The lowest BCUT2D eigenvalue weighted by Gasteiger charge is -2.26. The largest absolute Gasteiger partial charge is 0.485 e. The summed E-state index contributed by atoms with van der Waals surface area (Å²) in [5.41, 5.74) is 0.0623. The Morgan fingerprint density at radius 2 is 2.22 bits per heavy atom. The number of nitro groups is 1. The van der Waals surface area contributed by atoms with Crippen molar-refractivity contribution in [3.8, 4) is 5.75 Å². The van der Waals surface area contributed by atoms with Gasteiger partial charge in [-0.2, -0.15) is 12.6 Å². The Kier molecular flexibility index (Phi) is 4.06. The van der Waals surface area contributed by atoms with E-state index in [-0.39, 0.29) is 17.0 Å². The van der Waals surface area contributed by atoms with E-state index in [2.05, 4.69) is 17.6 Å². The van der Waals surface area contributed by atoms with Crippen molar-refractivity contribution in [1.29, 1.82) is 0 Å². The first-order valence-corrected chi connectivity index (χ1v) is 6.63. The number of thiol groups is 1. The van der Waals surface area contributed by atoms with Gasteiger partial charge in [0.1, 0.15) is 6.20 Å². The van der Waals surface area contributed by atoms with E-state index >= 15 is 0 Å². The summed E-state index contributed by atoms with van der Waals surface area (Å²) in [4.78, 5) is 14.0. The van der Waals surface area contributed by atoms with E-state index < -0.39 is 4.92 Å². The van der Waals surface area contributed by atoms with Crippen LogP contribution in [0.1, 0.15) is 25.7 Å². The van der Waals surface area contributed by atoms with Crippen LogP contribution in [-0.4, -0.2) is 22.3 Å². The zero-order valence-corrected chi connectivity index (χ0v) is 10.9. The SMILES string of the molecule is O=[N+]([O-])c1ncccc1OCC1(CS)CCCC1. The maximum Gasteiger partial charge on any atom is 0.406 e. The molecule has 1 aliphatic carbocycles. The molecule has 0 saturated heterocycles. The summed E-state index contributed by atoms with van der Waals surface area (Å²) in [5, 5.41) is 10.8. The van der Waals surface area contributed by atoms with Crippen LogP contribution in [0.5, 0.6) is 5.75 Å². The number of hydrogen-bond donors (Lipinski definition) is 1. The van der Waals surface area contributed by atoms with Crippen LogP contribution in [0.25, 0.3) is 0 Å². The van der Waals surface area contributed by atoms with Gasteiger partial charge in [-0.1, -0.05) is 12.8 Å². The zero-order valence-electron chi connectivity index (χ0n) is 10.0. The topological polar surface area (TPSA) is 65.3 Å². The highest BCUT2D eigenvalue weighted by Gasteiger charge is 2.34. The lowest BCUT2D eigenvalue weighted by molar-refractivity contribution is -0.390. The number of ether oxygens (including phenoxy) is 1. The first-order chi connectivity index (χ1) is 8.67. The Morgan fingerprint density at radius 1 is 1.50 bits per heavy atom. The minimum Gasteiger partial charge on any atom is -0.485 e. The van der Waals surface area contributed by atoms with Crippen molar-refractivity contribution >= 4 is 18.4 Å². The van der Waals surface area contributed by atoms with Gasteiger partial charge in [0.25, 0.3) is 0 Å². The monoisotopic (exact) mass is 268 g/mol. The van der Waals surface area contributed by atoms with E-state index in [0.29, 0.717) is 6.61 Å². The summed E-state index contributed by atoms with van der Waals surface area (Å²) in [7, 11) is 0. The summed E-state index contributed by atoms with van der Waals surface area (Å²) in [6.07, 6.45) is 5.90. The molecule has 1 aromatic heterocycles. The molecule has 0 radical (unpaired) electrons. The molecule has 0 spiro atoms. The van der Waals surface area contributed by atoms with Crippen molar-refractivity contribution in [1.82, 2.24) is 4.98 Å². The van der Waals surface area contributed by atoms with Gasteiger partial charge in [0.05, 0.1) is 6.61 Å². The van der Waals surface area contributed by atoms with Gasteiger partial charge in [0, 0.05) is 5.41 Å². The lowest BCUT2D eigenvalue weighted by Crippen LogP contribution is -2.27. The van der Waals surface area contributed by atoms with Crippen molar-refractivity contribution in [2.24, 2.45) is 5.41 Å². The second-order valence-electron chi connectivity index (χ2n) is 4.74. The molecule has 0 N–H and O–H groups in total. The van der Waals surface area contributed by atoms with Gasteiger partial charge in [-0.3, -0.25) is 0 Å². The predicted molar refractivity (Wildman–Crippen MR) is 71.1 cm³/mol. The normalized spacial score (nSPS) is 17.6. The molecule has 0 atom stereocenters. The molecule has 18 heavy (non-hydrogen) atoms. The smallest absolute Gasteiger partial charge is 0.406 e. The van der Waals surface area contributed by atoms with Gasteiger partial charge in [-0.05, 0) is 40.6 Å². The van der Waals surface area contributed by atoms with E-state index in [9.17, 15) is 10.1 Å². The van der Waals surface area contributed by atoms with Gasteiger partial charge in [0.15, 0.2) is 0 Å². The highest BCUT2D eigenvalue weighted by molar-refractivity contribution is 7.80. The Balaban J connectivity index is 2.08. The second-order valence-corrected chi connectivity index (χ2v) is 5.05. The molecule has 0 unspecified atom stereocenters. The molecule has 0 amide bonds. The number of hydrogen-bond acceptors (Lipinski definition) is 5. The number of pyridine rings is 1. The molecule has 1 aliphatic rings. The van der Waals surface area contributed by atoms with Crippen molar-refractivity contribution in [2.45, 2.75) is 25.7 Å². The Hall–Kier alpha value is -1.30. The average Bonchev–Trinajstić information content (AvgIpc) is 2.86. The minimum atomic E-state index is -0.517. The van der Waals surface area contributed by atoms with Crippen molar-refractivity contribution in [3.63, 3.8) is 0 Å². The van der Waals surface area contributed by atoms with Crippen LogP contribution in [0.4, 0.5) is 5.82 Å². The molecule has 0 aliphatic heterocycles. The number of aromatic nitrogens is 1. The summed E-state index contributed by atoms with van der Waals surface area (Å²) >= 11 is 4.38. The highest BCUT2D eigenvalue weighted by Crippen LogP contribution is 2.40. The summed E-state index contributed by atoms with van der Waals surface area (Å²) in [6.45, 7) is 0.475. The van der Waals surface area contributed by atoms with Crippen LogP contribution in [0.3, 0.4) is 0 Å². The van der Waals surface area contributed by atoms with Crippen molar-refractivity contribution < 1.29 is 9.66 Å². The molecule has 1 saturated carbocycles. The molecule has 1 heterocycles. The first kappa shape index (κ1) is 13.1. The maximum atomic E-state index is 10.8. The summed E-state index contributed by atoms with van der Waals surface area (Å²) in [6, 6.07) is 3.23. The molecule has 0 aromatic carbocycles. The van der Waals surface area contributed by atoms with E-state index in [1.807, 2.05) is 0 Å². The molecule has 98 valence electrons. The van der Waals surface area contributed by atoms with Gasteiger partial charge in [-0.25, -0.2) is 0 Å². The van der Waals surface area contributed by atoms with Crippen LogP contribution in [0.2, 0.25) is 0 Å². The third-order valence-electron chi connectivity index (χ3n) is 3.46. The van der Waals surface area contributed by atoms with Crippen LogP contribution in [0.15, 0.2) is 18.3 Å². The van der Waals surface area contributed by atoms with Gasteiger partial charge >= 0.3 is 5.82 Å². The van der Waals surface area contributed by atoms with Crippen molar-refractivity contribution in [3.05, 3.63) is 28.4 Å². The van der Waals surface area contributed by atoms with Crippen LogP contribution >= 0.6 is 12.6 Å². The molecule has 6 heteroatoms. The van der Waals surface area contributed by atoms with Crippen LogP contribution in [-0.2, 0) is 0 Å². The molecular weight excluding hydrogens is 252 g/mol. The number of nitrogens with zero attached hydrogens (tertiary/aromatic N) is 2. The third-order valence-corrected chi connectivity index (χ3v) is 4.13. The summed E-state index contributed by atoms with van der Waals surface area (Å²) < 4.78 is 5.62. The van der Waals surface area contributed by atoms with Gasteiger partial charge in [0.2, 0.25) is 5.75 Å². The van der Waals surface area contributed by atoms with E-state index in [1.165, 1.54) is 19.0 Å². The molecule has 2 rings (SSSR count). The average molecular weight is 268 g/mol. The predicted octanol–water partition coefficient (Wildman–Crippen LogP) is 2.86. The quantitative estimate of drug-likeness (QED) is 0.506. The van der Waals surface area contributed by atoms with Gasteiger partial charge < -0.3 is 14.9 Å². The highest BCUT2D eigenvalue weighted by atomic mass is 32.1. The van der Waals surface area contributed by atoms with Gasteiger partial charge in [-0.15, -0.1) is 0 Å². The third kappa shape index (κ3) is 2.75. The second kappa shape index (κ2) is 5.56. The fourth-order valence-corrected chi connectivity index (χ4v) is 2.74. The standard InChI is InChI=1S/C12H16N2O3S/c15-14(16)11-10(4-3-7-13-11)17-8-12(9-18)5-1-2-6-12/h3-4,7,18H,1-2,5-6,8-9H2. The van der Waals surface area contributed by atoms with E-state index in [0.717, 1.165) is 18.6 Å². The number of rotatable bonds is 5. The molecular formula is C12H16N2O3S. The minimum absolute atomic E-state index is 0.0623. The Labute approximate surface area is 111 Å². The first-order valence-electron chi connectivity index (χ1n) is 6.00. The van der Waals surface area contributed by atoms with E-state index in [4.69, 9.17) is 4.74 Å². The molecule has 0 bridgehead atoms. The zero-order chi connectivity index (χ0) is 13.0. The maximum absolute atomic E-state index is 10.8. The Bertz CT molecular complexity index is 433. The fourth-order valence-electron chi connectivity index (χ4n) is 2.34. The van der Waals surface area contributed by atoms with Crippen LogP contribution in [0, 0.1) is 15.5 Å². The molecule has 1 fully saturated rings. The summed E-state index contributed by atoms with van der Waals surface area (Å²) in [5.74, 6) is 0.779. The Morgan fingerprint density at radius 3 is 2.83 bits per heavy atom. The molecule has 5 nitrogen and oxygen atoms in total. The van der Waals surface area contributed by atoms with Crippen LogP contribution < -0.4 is 4.74 Å². The lowest BCUT2D eigenvalue weighted by atomic mass is 9.90. The molecule has 1 aromatic rings. The van der Waals surface area contributed by atoms with Crippen molar-refractivity contribution in [2.75, 3.05) is 12.4 Å². The fraction of sp³-hybridized carbons (Fsp3) is 0.583.